The third-order valence-corrected chi connectivity index (χ3v) is 7.21. The summed E-state index contributed by atoms with van der Waals surface area (Å²) in [4.78, 5) is 34.4. The number of hydrogen-bond donors (Lipinski definition) is 2. The van der Waals surface area contributed by atoms with Gasteiger partial charge in [-0.25, -0.2) is 4.79 Å². The van der Waals surface area contributed by atoms with Gasteiger partial charge < -0.3 is 20.5 Å². The Morgan fingerprint density at radius 2 is 1.62 bits per heavy atom. The first kappa shape index (κ1) is 23.1. The minimum absolute atomic E-state index is 0.0716. The van der Waals surface area contributed by atoms with Gasteiger partial charge in [-0.2, -0.15) is 0 Å². The number of aryl methyl sites for hydroxylation is 1. The first-order valence-electron chi connectivity index (χ1n) is 12.5. The Labute approximate surface area is 213 Å². The lowest BCUT2D eigenvalue weighted by molar-refractivity contribution is 0.577. The summed E-state index contributed by atoms with van der Waals surface area (Å²) in [5.41, 5.74) is 9.04. The summed E-state index contributed by atoms with van der Waals surface area (Å²) < 4.78 is 4.77. The van der Waals surface area contributed by atoms with E-state index in [2.05, 4.69) is 15.2 Å². The Morgan fingerprint density at radius 3 is 2.41 bits per heavy atom. The fraction of sp³-hybridized carbons (Fsp3) is 0.250. The molecule has 0 bridgehead atoms. The number of nitrogen functional groups attached to an aromatic ring is 1. The van der Waals surface area contributed by atoms with Gasteiger partial charge in [-0.3, -0.25) is 18.9 Å². The van der Waals surface area contributed by atoms with Crippen molar-refractivity contribution in [2.45, 2.75) is 13.1 Å². The van der Waals surface area contributed by atoms with Crippen LogP contribution < -0.4 is 27.2 Å². The van der Waals surface area contributed by atoms with Gasteiger partial charge in [0.1, 0.15) is 16.9 Å². The van der Waals surface area contributed by atoms with Crippen LogP contribution in [0.1, 0.15) is 11.3 Å². The van der Waals surface area contributed by atoms with Crippen LogP contribution in [0.5, 0.6) is 0 Å². The second-order valence-corrected chi connectivity index (χ2v) is 9.45. The average molecular weight is 496 g/mol. The molecule has 4 heterocycles. The van der Waals surface area contributed by atoms with E-state index in [9.17, 15) is 9.59 Å². The van der Waals surface area contributed by atoms with Gasteiger partial charge in [-0.05, 0) is 17.0 Å². The molecule has 3 aromatic heterocycles. The number of anilines is 2. The zero-order chi connectivity index (χ0) is 25.5. The predicted octanol–water partition coefficient (Wildman–Crippen LogP) is 2.14. The van der Waals surface area contributed by atoms with Gasteiger partial charge in [-0.1, -0.05) is 54.6 Å². The van der Waals surface area contributed by atoms with Gasteiger partial charge >= 0.3 is 5.69 Å². The monoisotopic (exact) mass is 495 g/mol. The summed E-state index contributed by atoms with van der Waals surface area (Å²) in [6, 6.07) is 19.8. The molecule has 9 heteroatoms. The number of nitrogens with two attached hydrogens (primary N) is 1. The maximum Gasteiger partial charge on any atom is 0.331 e. The molecule has 1 aliphatic rings. The lowest BCUT2D eigenvalue weighted by Gasteiger charge is -2.30. The Morgan fingerprint density at radius 1 is 0.892 bits per heavy atom. The quantitative estimate of drug-likeness (QED) is 0.387. The molecule has 37 heavy (non-hydrogen) atoms. The van der Waals surface area contributed by atoms with Crippen LogP contribution in [0.4, 0.5) is 11.5 Å². The molecule has 1 saturated heterocycles. The summed E-state index contributed by atoms with van der Waals surface area (Å²) in [5, 5.41) is 5.30. The van der Waals surface area contributed by atoms with E-state index in [1.165, 1.54) is 9.13 Å². The van der Waals surface area contributed by atoms with E-state index in [1.807, 2.05) is 65.2 Å². The fourth-order valence-electron chi connectivity index (χ4n) is 5.40. The maximum absolute atomic E-state index is 14.1. The van der Waals surface area contributed by atoms with Crippen molar-refractivity contribution in [3.8, 4) is 0 Å². The second kappa shape index (κ2) is 9.25. The first-order chi connectivity index (χ1) is 18.0. The highest BCUT2D eigenvalue weighted by Crippen LogP contribution is 2.34. The molecule has 0 amide bonds. The van der Waals surface area contributed by atoms with Crippen LogP contribution in [-0.2, 0) is 20.1 Å². The van der Waals surface area contributed by atoms with Crippen molar-refractivity contribution in [3.05, 3.63) is 99.0 Å². The SMILES string of the molecule is Cn1c(=O)n(Cc2nccc3ccccc23)c(=O)c2c1c(N)c(N1CCNCC1)n2Cc1ccccc1. The smallest absolute Gasteiger partial charge is 0.331 e. The Balaban J connectivity index is 1.60. The summed E-state index contributed by atoms with van der Waals surface area (Å²) in [7, 11) is 1.68. The molecular formula is C28H29N7O2. The number of pyridine rings is 1. The lowest BCUT2D eigenvalue weighted by Crippen LogP contribution is -2.44. The van der Waals surface area contributed by atoms with Crippen LogP contribution in [0.2, 0.25) is 0 Å². The highest BCUT2D eigenvalue weighted by Gasteiger charge is 2.27. The summed E-state index contributed by atoms with van der Waals surface area (Å²) in [6.45, 7) is 3.70. The zero-order valence-corrected chi connectivity index (χ0v) is 20.7. The lowest BCUT2D eigenvalue weighted by atomic mass is 10.1. The molecule has 0 aliphatic carbocycles. The number of benzene rings is 2. The van der Waals surface area contributed by atoms with Crippen molar-refractivity contribution < 1.29 is 0 Å². The standard InChI is InChI=1S/C28H29N7O2/c1-32-24-23(29)26(33-15-13-30-14-16-33)34(17-19-7-3-2-4-8-19)25(24)27(36)35(28(32)37)18-22-21-10-6-5-9-20(21)11-12-31-22/h2-12,30H,13-18,29H2,1H3. The van der Waals surface area contributed by atoms with Crippen LogP contribution >= 0.6 is 0 Å². The maximum atomic E-state index is 14.1. The molecule has 0 unspecified atom stereocenters. The number of rotatable bonds is 5. The van der Waals surface area contributed by atoms with Crippen molar-refractivity contribution in [2.75, 3.05) is 36.8 Å². The summed E-state index contributed by atoms with van der Waals surface area (Å²) in [6.07, 6.45) is 1.71. The summed E-state index contributed by atoms with van der Waals surface area (Å²) in [5.74, 6) is 0.786. The largest absolute Gasteiger partial charge is 0.394 e. The molecule has 0 atom stereocenters. The van der Waals surface area contributed by atoms with Gasteiger partial charge in [0, 0.05) is 51.4 Å². The van der Waals surface area contributed by atoms with Crippen LogP contribution in [-0.4, -0.2) is 44.9 Å². The van der Waals surface area contributed by atoms with E-state index in [1.54, 1.807) is 13.2 Å². The molecule has 3 N–H and O–H groups in total. The van der Waals surface area contributed by atoms with Gasteiger partial charge in [0.25, 0.3) is 5.56 Å². The normalized spacial score (nSPS) is 14.0. The van der Waals surface area contributed by atoms with Crippen LogP contribution in [0.3, 0.4) is 0 Å². The minimum Gasteiger partial charge on any atom is -0.394 e. The van der Waals surface area contributed by atoms with E-state index in [-0.39, 0.29) is 12.1 Å². The second-order valence-electron chi connectivity index (χ2n) is 9.45. The van der Waals surface area contributed by atoms with E-state index in [0.29, 0.717) is 29.0 Å². The molecular weight excluding hydrogens is 466 g/mol. The summed E-state index contributed by atoms with van der Waals surface area (Å²) >= 11 is 0. The molecule has 2 aromatic carbocycles. The van der Waals surface area contributed by atoms with Crippen LogP contribution in [0.15, 0.2) is 76.4 Å². The third kappa shape index (κ3) is 3.88. The highest BCUT2D eigenvalue weighted by atomic mass is 16.2. The third-order valence-electron chi connectivity index (χ3n) is 7.21. The Bertz CT molecular complexity index is 1720. The molecule has 188 valence electrons. The minimum atomic E-state index is -0.414. The van der Waals surface area contributed by atoms with Gasteiger partial charge in [0.2, 0.25) is 0 Å². The zero-order valence-electron chi connectivity index (χ0n) is 20.7. The average Bonchev–Trinajstić information content (AvgIpc) is 3.22. The first-order valence-corrected chi connectivity index (χ1v) is 12.5. The number of aromatic nitrogens is 4. The topological polar surface area (TPSA) is 103 Å². The Hall–Kier alpha value is -4.37. The molecule has 0 saturated carbocycles. The molecule has 9 nitrogen and oxygen atoms in total. The predicted molar refractivity (Wildman–Crippen MR) is 147 cm³/mol. The van der Waals surface area contributed by atoms with Crippen molar-refractivity contribution in [1.82, 2.24) is 24.0 Å². The Kier molecular flexibility index (Phi) is 5.77. The number of nitrogens with zero attached hydrogens (tertiary/aromatic N) is 5. The van der Waals surface area contributed by atoms with Gasteiger partial charge in [-0.15, -0.1) is 0 Å². The highest BCUT2D eigenvalue weighted by molar-refractivity contribution is 5.97. The number of fused-ring (bicyclic) bond motifs is 2. The van der Waals surface area contributed by atoms with E-state index < -0.39 is 5.69 Å². The molecule has 6 rings (SSSR count). The molecule has 0 spiro atoms. The van der Waals surface area contributed by atoms with Crippen molar-refractivity contribution >= 4 is 33.3 Å². The molecule has 5 aromatic rings. The van der Waals surface area contributed by atoms with E-state index in [0.717, 1.165) is 48.3 Å². The van der Waals surface area contributed by atoms with Crippen LogP contribution in [0.25, 0.3) is 21.8 Å². The fourth-order valence-corrected chi connectivity index (χ4v) is 5.40. The van der Waals surface area contributed by atoms with E-state index >= 15 is 0 Å². The van der Waals surface area contributed by atoms with Crippen molar-refractivity contribution in [2.24, 2.45) is 7.05 Å². The number of piperazine rings is 1. The van der Waals surface area contributed by atoms with Crippen LogP contribution in [0, 0.1) is 0 Å². The van der Waals surface area contributed by atoms with E-state index in [4.69, 9.17) is 5.73 Å². The number of hydrogen-bond acceptors (Lipinski definition) is 6. The molecule has 1 fully saturated rings. The van der Waals surface area contributed by atoms with Crippen molar-refractivity contribution in [1.29, 1.82) is 0 Å². The number of nitrogens with one attached hydrogen (secondary N) is 1. The molecule has 1 aliphatic heterocycles. The molecule has 0 radical (unpaired) electrons. The van der Waals surface area contributed by atoms with Gasteiger partial charge in [0.15, 0.2) is 0 Å². The van der Waals surface area contributed by atoms with Crippen molar-refractivity contribution in [3.63, 3.8) is 0 Å². The van der Waals surface area contributed by atoms with Gasteiger partial charge in [0.05, 0.1) is 17.9 Å².